The first-order valence-corrected chi connectivity index (χ1v) is 14.1. The van der Waals surface area contributed by atoms with Crippen molar-refractivity contribution in [3.63, 3.8) is 0 Å². The van der Waals surface area contributed by atoms with Crippen LogP contribution in [0.5, 0.6) is 0 Å². The molecule has 0 aliphatic heterocycles. The number of rotatable bonds is 8. The second kappa shape index (κ2) is 13.5. The van der Waals surface area contributed by atoms with Gasteiger partial charge in [0.15, 0.2) is 0 Å². The Balaban J connectivity index is 0.000000300. The molecule has 168 valence electrons. The van der Waals surface area contributed by atoms with Crippen LogP contribution < -0.4 is 22.9 Å². The number of thioether (sulfide) groups is 4. The van der Waals surface area contributed by atoms with Gasteiger partial charge in [-0.15, -0.1) is 47.0 Å². The van der Waals surface area contributed by atoms with E-state index in [-0.39, 0.29) is 0 Å². The summed E-state index contributed by atoms with van der Waals surface area (Å²) in [5.74, 6) is 4.09. The van der Waals surface area contributed by atoms with Gasteiger partial charge in [-0.05, 0) is 60.1 Å². The molecule has 2 aromatic rings. The maximum atomic E-state index is 6.10. The summed E-state index contributed by atoms with van der Waals surface area (Å²) < 4.78 is 0. The highest BCUT2D eigenvalue weighted by atomic mass is 32.2. The molecule has 30 heavy (non-hydrogen) atoms. The fraction of sp³-hybridized carbons (Fsp3) is 0.455. The molecule has 0 spiro atoms. The third-order valence-corrected chi connectivity index (χ3v) is 8.15. The van der Waals surface area contributed by atoms with Crippen LogP contribution in [-0.4, -0.2) is 23.0 Å². The van der Waals surface area contributed by atoms with Gasteiger partial charge in [0, 0.05) is 14.7 Å². The SMILES string of the molecule is CCSc1cc(C)c(N)c(SCC)c1N.CCSc1cc(SCC)c(N)c(C)c1N. The number of hydrogen-bond acceptors (Lipinski definition) is 8. The summed E-state index contributed by atoms with van der Waals surface area (Å²) in [6.45, 7) is 12.5. The number of nitrogen functional groups attached to an aromatic ring is 4. The maximum absolute atomic E-state index is 6.10. The van der Waals surface area contributed by atoms with Crippen LogP contribution in [0.2, 0.25) is 0 Å². The lowest BCUT2D eigenvalue weighted by Crippen LogP contribution is -2.00. The van der Waals surface area contributed by atoms with Gasteiger partial charge in [-0.1, -0.05) is 27.7 Å². The third-order valence-electron chi connectivity index (χ3n) is 4.32. The predicted octanol–water partition coefficient (Wildman–Crippen LogP) is 6.77. The van der Waals surface area contributed by atoms with E-state index in [0.717, 1.165) is 76.5 Å². The van der Waals surface area contributed by atoms with Crippen LogP contribution in [-0.2, 0) is 0 Å². The molecule has 8 heteroatoms. The molecule has 2 aromatic carbocycles. The van der Waals surface area contributed by atoms with Gasteiger partial charge in [-0.25, -0.2) is 0 Å². The van der Waals surface area contributed by atoms with E-state index >= 15 is 0 Å². The van der Waals surface area contributed by atoms with E-state index in [2.05, 4.69) is 39.8 Å². The van der Waals surface area contributed by atoms with Crippen molar-refractivity contribution >= 4 is 69.8 Å². The van der Waals surface area contributed by atoms with E-state index in [9.17, 15) is 0 Å². The Bertz CT molecular complexity index is 805. The zero-order valence-corrected chi connectivity index (χ0v) is 22.2. The molecule has 0 atom stereocenters. The Morgan fingerprint density at radius 2 is 0.967 bits per heavy atom. The summed E-state index contributed by atoms with van der Waals surface area (Å²) >= 11 is 7.03. The largest absolute Gasteiger partial charge is 0.398 e. The van der Waals surface area contributed by atoms with Crippen molar-refractivity contribution in [1.82, 2.24) is 0 Å². The number of nitrogens with two attached hydrogens (primary N) is 4. The van der Waals surface area contributed by atoms with Crippen molar-refractivity contribution in [2.75, 3.05) is 45.9 Å². The monoisotopic (exact) mass is 484 g/mol. The van der Waals surface area contributed by atoms with Crippen molar-refractivity contribution in [1.29, 1.82) is 0 Å². The second-order valence-corrected chi connectivity index (χ2v) is 11.6. The average molecular weight is 485 g/mol. The Labute approximate surface area is 199 Å². The van der Waals surface area contributed by atoms with Gasteiger partial charge in [0.05, 0.1) is 27.6 Å². The minimum atomic E-state index is 0.833. The Hall–Kier alpha value is -0.960. The minimum absolute atomic E-state index is 0.833. The first kappa shape index (κ1) is 27.1. The Kier molecular flexibility index (Phi) is 12.1. The van der Waals surface area contributed by atoms with Crippen LogP contribution in [0.4, 0.5) is 22.7 Å². The van der Waals surface area contributed by atoms with Crippen molar-refractivity contribution in [3.8, 4) is 0 Å². The number of anilines is 4. The van der Waals surface area contributed by atoms with Crippen LogP contribution >= 0.6 is 47.0 Å². The molecule has 0 saturated carbocycles. The van der Waals surface area contributed by atoms with Gasteiger partial charge in [0.2, 0.25) is 0 Å². The molecule has 2 rings (SSSR count). The van der Waals surface area contributed by atoms with Gasteiger partial charge in [0.1, 0.15) is 0 Å². The van der Waals surface area contributed by atoms with Crippen molar-refractivity contribution in [2.24, 2.45) is 0 Å². The molecular weight excluding hydrogens is 449 g/mol. The average Bonchev–Trinajstić information content (AvgIpc) is 2.72. The van der Waals surface area contributed by atoms with E-state index in [4.69, 9.17) is 22.9 Å². The molecule has 0 radical (unpaired) electrons. The van der Waals surface area contributed by atoms with Crippen molar-refractivity contribution in [2.45, 2.75) is 61.1 Å². The zero-order valence-electron chi connectivity index (χ0n) is 18.9. The minimum Gasteiger partial charge on any atom is -0.398 e. The molecule has 8 N–H and O–H groups in total. The number of benzene rings is 2. The van der Waals surface area contributed by atoms with Crippen molar-refractivity contribution < 1.29 is 0 Å². The molecule has 0 heterocycles. The van der Waals surface area contributed by atoms with Crippen LogP contribution in [0.3, 0.4) is 0 Å². The van der Waals surface area contributed by atoms with E-state index in [0.29, 0.717) is 0 Å². The molecule has 0 fully saturated rings. The third kappa shape index (κ3) is 7.04. The van der Waals surface area contributed by atoms with Gasteiger partial charge in [-0.2, -0.15) is 0 Å². The lowest BCUT2D eigenvalue weighted by molar-refractivity contribution is 1.27. The van der Waals surface area contributed by atoms with Crippen molar-refractivity contribution in [3.05, 3.63) is 23.3 Å². The Morgan fingerprint density at radius 3 is 1.37 bits per heavy atom. The standard InChI is InChI=1S/2C11H18N2S2/c1-4-14-8-6-9(15-5-2)11(13)7(3)10(8)12;1-4-14-8-6-7(3)9(12)11(10(8)13)15-5-2/h2*6H,4-5,12-13H2,1-3H3. The second-order valence-electron chi connectivity index (χ2n) is 6.41. The molecule has 0 bridgehead atoms. The van der Waals surface area contributed by atoms with E-state index in [1.165, 1.54) is 0 Å². The summed E-state index contributed by atoms with van der Waals surface area (Å²) in [6.07, 6.45) is 0. The molecule has 0 aromatic heterocycles. The fourth-order valence-corrected chi connectivity index (χ4v) is 6.18. The van der Waals surface area contributed by atoms with Crippen LogP contribution in [0, 0.1) is 13.8 Å². The van der Waals surface area contributed by atoms with Gasteiger partial charge < -0.3 is 22.9 Å². The van der Waals surface area contributed by atoms with Gasteiger partial charge in [0.25, 0.3) is 0 Å². The summed E-state index contributed by atoms with van der Waals surface area (Å²) in [4.78, 5) is 4.51. The van der Waals surface area contributed by atoms with Crippen LogP contribution in [0.1, 0.15) is 38.8 Å². The zero-order chi connectivity index (χ0) is 22.8. The van der Waals surface area contributed by atoms with Gasteiger partial charge >= 0.3 is 0 Å². The highest BCUT2D eigenvalue weighted by Crippen LogP contribution is 2.40. The highest BCUT2D eigenvalue weighted by Gasteiger charge is 2.12. The molecule has 4 nitrogen and oxygen atoms in total. The highest BCUT2D eigenvalue weighted by molar-refractivity contribution is 8.00. The van der Waals surface area contributed by atoms with Crippen LogP contribution in [0.15, 0.2) is 31.7 Å². The molecule has 0 amide bonds. The molecule has 0 saturated heterocycles. The summed E-state index contributed by atoms with van der Waals surface area (Å²) in [6, 6.07) is 4.19. The van der Waals surface area contributed by atoms with Gasteiger partial charge in [-0.3, -0.25) is 0 Å². The fourth-order valence-electron chi connectivity index (χ4n) is 2.70. The predicted molar refractivity (Wildman–Crippen MR) is 146 cm³/mol. The van der Waals surface area contributed by atoms with Crippen LogP contribution in [0.25, 0.3) is 0 Å². The summed E-state index contributed by atoms with van der Waals surface area (Å²) in [7, 11) is 0. The summed E-state index contributed by atoms with van der Waals surface area (Å²) in [5.41, 5.74) is 29.7. The van der Waals surface area contributed by atoms with E-state index in [1.807, 2.05) is 13.8 Å². The first-order valence-electron chi connectivity index (χ1n) is 10.1. The molecule has 0 aliphatic carbocycles. The lowest BCUT2D eigenvalue weighted by Gasteiger charge is -2.14. The number of aryl methyl sites for hydroxylation is 1. The molecule has 0 aliphatic rings. The number of hydrogen-bond donors (Lipinski definition) is 4. The topological polar surface area (TPSA) is 104 Å². The summed E-state index contributed by atoms with van der Waals surface area (Å²) in [5, 5.41) is 0. The normalized spacial score (nSPS) is 10.6. The lowest BCUT2D eigenvalue weighted by atomic mass is 10.1. The smallest absolute Gasteiger partial charge is 0.0611 e. The van der Waals surface area contributed by atoms with E-state index in [1.54, 1.807) is 47.0 Å². The first-order chi connectivity index (χ1) is 14.2. The quantitative estimate of drug-likeness (QED) is 0.240. The maximum Gasteiger partial charge on any atom is 0.0611 e. The Morgan fingerprint density at radius 1 is 0.567 bits per heavy atom. The molecular formula is C22H36N4S4. The van der Waals surface area contributed by atoms with E-state index < -0.39 is 0 Å². The molecule has 0 unspecified atom stereocenters.